The van der Waals surface area contributed by atoms with E-state index in [0.29, 0.717) is 35.8 Å². The maximum absolute atomic E-state index is 12.6. The maximum atomic E-state index is 12.6. The van der Waals surface area contributed by atoms with Gasteiger partial charge in [-0.25, -0.2) is 4.68 Å². The number of hydrogen-bond donors (Lipinski definition) is 2. The van der Waals surface area contributed by atoms with Crippen LogP contribution in [0.4, 0.5) is 11.5 Å². The molecular weight excluding hydrogens is 466 g/mol. The van der Waals surface area contributed by atoms with Crippen LogP contribution in [-0.4, -0.2) is 35.2 Å². The number of para-hydroxylation sites is 2. The molecule has 0 saturated carbocycles. The van der Waals surface area contributed by atoms with E-state index in [0.717, 1.165) is 22.6 Å². The molecular formula is C29H27N5O3. The van der Waals surface area contributed by atoms with Gasteiger partial charge in [0.2, 0.25) is 5.91 Å². The van der Waals surface area contributed by atoms with Crippen LogP contribution in [0.1, 0.15) is 28.4 Å². The quantitative estimate of drug-likeness (QED) is 0.353. The highest BCUT2D eigenvalue weighted by Crippen LogP contribution is 2.39. The Bertz CT molecular complexity index is 1460. The fourth-order valence-electron chi connectivity index (χ4n) is 4.64. The molecule has 0 radical (unpaired) electrons. The highest BCUT2D eigenvalue weighted by molar-refractivity contribution is 6.04. The normalized spacial score (nSPS) is 14.2. The predicted octanol–water partition coefficient (Wildman–Crippen LogP) is 5.00. The van der Waals surface area contributed by atoms with Gasteiger partial charge in [-0.1, -0.05) is 43.0 Å². The maximum Gasteiger partial charge on any atom is 0.254 e. The second kappa shape index (κ2) is 10.0. The Balaban J connectivity index is 1.55. The van der Waals surface area contributed by atoms with Crippen LogP contribution < -0.4 is 20.7 Å². The molecule has 37 heavy (non-hydrogen) atoms. The molecule has 0 saturated heterocycles. The van der Waals surface area contributed by atoms with Crippen LogP contribution in [-0.2, 0) is 4.79 Å². The number of benzene rings is 3. The van der Waals surface area contributed by atoms with Gasteiger partial charge in [-0.2, -0.15) is 5.10 Å². The zero-order chi connectivity index (χ0) is 25.9. The van der Waals surface area contributed by atoms with E-state index in [2.05, 4.69) is 11.9 Å². The molecule has 8 nitrogen and oxygen atoms in total. The number of nitrogens with zero attached hydrogens (tertiary/aromatic N) is 3. The zero-order valence-corrected chi connectivity index (χ0v) is 20.4. The van der Waals surface area contributed by atoms with Crippen molar-refractivity contribution in [2.24, 2.45) is 5.73 Å². The van der Waals surface area contributed by atoms with Gasteiger partial charge in [0, 0.05) is 30.4 Å². The van der Waals surface area contributed by atoms with Crippen molar-refractivity contribution >= 4 is 23.3 Å². The summed E-state index contributed by atoms with van der Waals surface area (Å²) >= 11 is 0. The molecule has 2 heterocycles. The summed E-state index contributed by atoms with van der Waals surface area (Å²) < 4.78 is 7.70. The third-order valence-corrected chi connectivity index (χ3v) is 6.43. The second-order valence-electron chi connectivity index (χ2n) is 8.71. The van der Waals surface area contributed by atoms with Gasteiger partial charge in [0.1, 0.15) is 28.6 Å². The van der Waals surface area contributed by atoms with Crippen LogP contribution in [0.3, 0.4) is 0 Å². The standard InChI is InChI=1S/C29H27N5O3/c1-3-25(35)33(2)23-12-8-7-11-22(23)24-17-18-31-29-26(28(30)36)27(32-34(24)29)19-13-15-21(16-14-19)37-20-9-5-4-6-10-20/h3-16,24,31H,1,17-18H2,2H3,(H2,30,36). The van der Waals surface area contributed by atoms with Crippen molar-refractivity contribution in [1.29, 1.82) is 0 Å². The van der Waals surface area contributed by atoms with E-state index < -0.39 is 5.91 Å². The van der Waals surface area contributed by atoms with E-state index in [9.17, 15) is 9.59 Å². The Kier molecular flexibility index (Phi) is 6.47. The van der Waals surface area contributed by atoms with Crippen LogP contribution in [0.15, 0.2) is 91.5 Å². The highest BCUT2D eigenvalue weighted by atomic mass is 16.5. The lowest BCUT2D eigenvalue weighted by molar-refractivity contribution is -0.113. The monoisotopic (exact) mass is 493 g/mol. The van der Waals surface area contributed by atoms with Crippen molar-refractivity contribution in [2.75, 3.05) is 23.8 Å². The molecule has 0 spiro atoms. The Hall–Kier alpha value is -4.85. The number of nitrogens with one attached hydrogen (secondary N) is 1. The lowest BCUT2D eigenvalue weighted by atomic mass is 9.99. The van der Waals surface area contributed by atoms with Gasteiger partial charge < -0.3 is 20.7 Å². The topological polar surface area (TPSA) is 102 Å². The minimum Gasteiger partial charge on any atom is -0.457 e. The van der Waals surface area contributed by atoms with Gasteiger partial charge in [-0.3, -0.25) is 9.59 Å². The molecule has 1 aromatic heterocycles. The summed E-state index contributed by atoms with van der Waals surface area (Å²) in [6.45, 7) is 4.22. The van der Waals surface area contributed by atoms with Gasteiger partial charge in [0.25, 0.3) is 5.91 Å². The van der Waals surface area contributed by atoms with Gasteiger partial charge in [-0.15, -0.1) is 0 Å². The molecule has 3 aromatic carbocycles. The molecule has 1 atom stereocenters. The molecule has 0 fully saturated rings. The number of likely N-dealkylation sites (N-methyl/N-ethyl adjacent to an activating group) is 1. The SMILES string of the molecule is C=CC(=O)N(C)c1ccccc1C1CCNc2c(C(N)=O)c(-c3ccc(Oc4ccccc4)cc3)nn21. The number of primary amides is 1. The van der Waals surface area contributed by atoms with Gasteiger partial charge in [0.05, 0.1) is 6.04 Å². The van der Waals surface area contributed by atoms with E-state index in [1.807, 2.05) is 78.9 Å². The Morgan fingerprint density at radius 1 is 1.05 bits per heavy atom. The number of anilines is 2. The third kappa shape index (κ3) is 4.56. The highest BCUT2D eigenvalue weighted by Gasteiger charge is 2.32. The number of amides is 2. The van der Waals surface area contributed by atoms with E-state index in [1.165, 1.54) is 6.08 Å². The number of carbonyl (C=O) groups excluding carboxylic acids is 2. The summed E-state index contributed by atoms with van der Waals surface area (Å²) in [5, 5.41) is 8.18. The zero-order valence-electron chi connectivity index (χ0n) is 20.4. The summed E-state index contributed by atoms with van der Waals surface area (Å²) in [6.07, 6.45) is 2.00. The summed E-state index contributed by atoms with van der Waals surface area (Å²) in [4.78, 5) is 26.6. The molecule has 3 N–H and O–H groups in total. The van der Waals surface area contributed by atoms with Crippen molar-refractivity contribution in [2.45, 2.75) is 12.5 Å². The first kappa shape index (κ1) is 23.9. The molecule has 1 aliphatic heterocycles. The van der Waals surface area contributed by atoms with Crippen LogP contribution in [0.2, 0.25) is 0 Å². The van der Waals surface area contributed by atoms with Crippen LogP contribution in [0.25, 0.3) is 11.3 Å². The van der Waals surface area contributed by atoms with E-state index >= 15 is 0 Å². The third-order valence-electron chi connectivity index (χ3n) is 6.43. The molecule has 5 rings (SSSR count). The number of fused-ring (bicyclic) bond motifs is 1. The number of nitrogens with two attached hydrogens (primary N) is 1. The fraction of sp³-hybridized carbons (Fsp3) is 0.138. The minimum atomic E-state index is -0.568. The number of hydrogen-bond acceptors (Lipinski definition) is 5. The van der Waals surface area contributed by atoms with Crippen molar-refractivity contribution < 1.29 is 14.3 Å². The molecule has 186 valence electrons. The lowest BCUT2D eigenvalue weighted by Crippen LogP contribution is -2.29. The van der Waals surface area contributed by atoms with Crippen molar-refractivity contribution in [3.63, 3.8) is 0 Å². The van der Waals surface area contributed by atoms with Gasteiger partial charge in [-0.05, 0) is 55.0 Å². The molecule has 4 aromatic rings. The Morgan fingerprint density at radius 2 is 1.73 bits per heavy atom. The predicted molar refractivity (Wildman–Crippen MR) is 144 cm³/mol. The first-order valence-electron chi connectivity index (χ1n) is 12.0. The second-order valence-corrected chi connectivity index (χ2v) is 8.71. The first-order valence-corrected chi connectivity index (χ1v) is 12.0. The first-order chi connectivity index (χ1) is 18.0. The van der Waals surface area contributed by atoms with Crippen molar-refractivity contribution in [1.82, 2.24) is 9.78 Å². The smallest absolute Gasteiger partial charge is 0.254 e. The molecule has 1 aliphatic rings. The van der Waals surface area contributed by atoms with E-state index in [1.54, 1.807) is 16.6 Å². The minimum absolute atomic E-state index is 0.208. The van der Waals surface area contributed by atoms with E-state index in [4.69, 9.17) is 15.6 Å². The summed E-state index contributed by atoms with van der Waals surface area (Å²) in [7, 11) is 1.72. The fourth-order valence-corrected chi connectivity index (χ4v) is 4.64. The van der Waals surface area contributed by atoms with Crippen LogP contribution >= 0.6 is 0 Å². The van der Waals surface area contributed by atoms with E-state index in [-0.39, 0.29) is 11.9 Å². The van der Waals surface area contributed by atoms with Crippen LogP contribution in [0.5, 0.6) is 11.5 Å². The molecule has 0 aliphatic carbocycles. The van der Waals surface area contributed by atoms with Crippen molar-refractivity contribution in [3.8, 4) is 22.8 Å². The molecule has 1 unspecified atom stereocenters. The lowest BCUT2D eigenvalue weighted by Gasteiger charge is -2.29. The summed E-state index contributed by atoms with van der Waals surface area (Å²) in [6, 6.07) is 24.4. The average Bonchev–Trinajstić information content (AvgIpc) is 3.33. The molecule has 0 bridgehead atoms. The largest absolute Gasteiger partial charge is 0.457 e. The van der Waals surface area contributed by atoms with Gasteiger partial charge in [0.15, 0.2) is 0 Å². The summed E-state index contributed by atoms with van der Waals surface area (Å²) in [5.74, 6) is 1.19. The molecule has 8 heteroatoms. The number of rotatable bonds is 7. The number of carbonyl (C=O) groups is 2. The molecule has 2 amide bonds. The average molecular weight is 494 g/mol. The van der Waals surface area contributed by atoms with Gasteiger partial charge >= 0.3 is 0 Å². The summed E-state index contributed by atoms with van der Waals surface area (Å²) in [5.41, 5.74) is 9.08. The van der Waals surface area contributed by atoms with Crippen LogP contribution in [0, 0.1) is 0 Å². The Labute approximate surface area is 215 Å². The Morgan fingerprint density at radius 3 is 2.43 bits per heavy atom. The number of ether oxygens (including phenoxy) is 1. The van der Waals surface area contributed by atoms with Crippen molar-refractivity contribution in [3.05, 3.63) is 103 Å². The number of aromatic nitrogens is 2.